The van der Waals surface area contributed by atoms with Crippen LogP contribution in [0.15, 0.2) is 57.9 Å². The van der Waals surface area contributed by atoms with Crippen molar-refractivity contribution in [2.75, 3.05) is 11.1 Å². The number of carbonyl (C=O) groups is 1. The monoisotopic (exact) mass is 363 g/mol. The number of thioether (sulfide) groups is 1. The van der Waals surface area contributed by atoms with Crippen molar-refractivity contribution in [2.45, 2.75) is 24.7 Å². The van der Waals surface area contributed by atoms with Gasteiger partial charge in [0.05, 0.1) is 11.4 Å². The first-order valence-corrected chi connectivity index (χ1v) is 8.61. The Bertz CT molecular complexity index is 610. The van der Waals surface area contributed by atoms with E-state index < -0.39 is 0 Å². The molecule has 0 aliphatic heterocycles. The fraction of sp³-hybridized carbons (Fsp3) is 0.235. The minimum absolute atomic E-state index is 0.000152. The molecule has 1 amide bonds. The molecule has 0 unspecified atom stereocenters. The first-order valence-electron chi connectivity index (χ1n) is 6.83. The zero-order valence-electron chi connectivity index (χ0n) is 12.1. The SMILES string of the molecule is CC(C)c1ccc(SCC(=O)Nc2ccccc2Br)cc1. The molecule has 4 heteroatoms. The molecular weight excluding hydrogens is 346 g/mol. The van der Waals surface area contributed by atoms with Gasteiger partial charge < -0.3 is 5.32 Å². The van der Waals surface area contributed by atoms with Crippen LogP contribution in [0.3, 0.4) is 0 Å². The summed E-state index contributed by atoms with van der Waals surface area (Å²) in [5.41, 5.74) is 2.12. The predicted octanol–water partition coefficient (Wildman–Crippen LogP) is 5.30. The van der Waals surface area contributed by atoms with Gasteiger partial charge in [0.1, 0.15) is 0 Å². The number of carbonyl (C=O) groups excluding carboxylic acids is 1. The summed E-state index contributed by atoms with van der Waals surface area (Å²) in [6, 6.07) is 16.0. The second-order valence-electron chi connectivity index (χ2n) is 5.04. The number of benzene rings is 2. The van der Waals surface area contributed by atoms with Crippen molar-refractivity contribution in [1.29, 1.82) is 0 Å². The lowest BCUT2D eigenvalue weighted by molar-refractivity contribution is -0.113. The molecule has 21 heavy (non-hydrogen) atoms. The molecule has 0 saturated heterocycles. The fourth-order valence-electron chi connectivity index (χ4n) is 1.85. The predicted molar refractivity (Wildman–Crippen MR) is 94.0 cm³/mol. The van der Waals surface area contributed by atoms with Gasteiger partial charge >= 0.3 is 0 Å². The smallest absolute Gasteiger partial charge is 0.234 e. The van der Waals surface area contributed by atoms with Crippen LogP contribution in [-0.4, -0.2) is 11.7 Å². The minimum atomic E-state index is -0.000152. The summed E-state index contributed by atoms with van der Waals surface area (Å²) >= 11 is 4.97. The van der Waals surface area contributed by atoms with E-state index in [1.165, 1.54) is 5.56 Å². The molecule has 0 aliphatic carbocycles. The molecule has 0 atom stereocenters. The Balaban J connectivity index is 1.88. The average molecular weight is 364 g/mol. The number of nitrogens with one attached hydrogen (secondary N) is 1. The topological polar surface area (TPSA) is 29.1 Å². The van der Waals surface area contributed by atoms with Crippen molar-refractivity contribution < 1.29 is 4.79 Å². The molecule has 110 valence electrons. The molecule has 1 N–H and O–H groups in total. The highest BCUT2D eigenvalue weighted by Crippen LogP contribution is 2.24. The van der Waals surface area contributed by atoms with Gasteiger partial charge in [-0.1, -0.05) is 38.1 Å². The Hall–Kier alpha value is -1.26. The summed E-state index contributed by atoms with van der Waals surface area (Å²) in [4.78, 5) is 13.1. The van der Waals surface area contributed by atoms with Crippen molar-refractivity contribution in [3.05, 3.63) is 58.6 Å². The normalized spacial score (nSPS) is 10.7. The zero-order valence-corrected chi connectivity index (χ0v) is 14.5. The van der Waals surface area contributed by atoms with Crippen molar-refractivity contribution in [3.8, 4) is 0 Å². The summed E-state index contributed by atoms with van der Waals surface area (Å²) in [6.45, 7) is 4.35. The third-order valence-corrected chi connectivity index (χ3v) is 4.77. The van der Waals surface area contributed by atoms with Gasteiger partial charge in [0, 0.05) is 9.37 Å². The van der Waals surface area contributed by atoms with Crippen LogP contribution in [0.25, 0.3) is 0 Å². The first kappa shape index (κ1) is 16.1. The highest BCUT2D eigenvalue weighted by Gasteiger charge is 2.06. The largest absolute Gasteiger partial charge is 0.324 e. The fourth-order valence-corrected chi connectivity index (χ4v) is 2.93. The van der Waals surface area contributed by atoms with E-state index in [0.717, 1.165) is 15.1 Å². The van der Waals surface area contributed by atoms with E-state index in [4.69, 9.17) is 0 Å². The van der Waals surface area contributed by atoms with Gasteiger partial charge in [-0.2, -0.15) is 0 Å². The van der Waals surface area contributed by atoms with Crippen LogP contribution in [0.5, 0.6) is 0 Å². The maximum atomic E-state index is 12.0. The Labute approximate surface area is 138 Å². The number of amides is 1. The van der Waals surface area contributed by atoms with Crippen LogP contribution in [0, 0.1) is 0 Å². The van der Waals surface area contributed by atoms with Crippen LogP contribution in [-0.2, 0) is 4.79 Å². The van der Waals surface area contributed by atoms with Crippen LogP contribution in [0.2, 0.25) is 0 Å². The number of para-hydroxylation sites is 1. The van der Waals surface area contributed by atoms with Crippen LogP contribution in [0.4, 0.5) is 5.69 Å². The van der Waals surface area contributed by atoms with Gasteiger partial charge in [-0.25, -0.2) is 0 Å². The van der Waals surface area contributed by atoms with Crippen LogP contribution >= 0.6 is 27.7 Å². The third-order valence-electron chi connectivity index (χ3n) is 3.06. The van der Waals surface area contributed by atoms with Gasteiger partial charge in [0.2, 0.25) is 5.91 Å². The molecule has 0 radical (unpaired) electrons. The second-order valence-corrected chi connectivity index (χ2v) is 6.94. The van der Waals surface area contributed by atoms with Crippen molar-refractivity contribution >= 4 is 39.3 Å². The Morgan fingerprint density at radius 3 is 2.43 bits per heavy atom. The molecule has 0 fully saturated rings. The van der Waals surface area contributed by atoms with Gasteiger partial charge in [0.25, 0.3) is 0 Å². The average Bonchev–Trinajstić information content (AvgIpc) is 2.48. The number of halogens is 1. The Morgan fingerprint density at radius 2 is 1.81 bits per heavy atom. The molecule has 0 bridgehead atoms. The highest BCUT2D eigenvalue weighted by atomic mass is 79.9. The van der Waals surface area contributed by atoms with E-state index >= 15 is 0 Å². The summed E-state index contributed by atoms with van der Waals surface area (Å²) in [7, 11) is 0. The molecule has 0 saturated carbocycles. The summed E-state index contributed by atoms with van der Waals surface area (Å²) < 4.78 is 0.893. The highest BCUT2D eigenvalue weighted by molar-refractivity contribution is 9.10. The van der Waals surface area contributed by atoms with Crippen molar-refractivity contribution in [1.82, 2.24) is 0 Å². The number of rotatable bonds is 5. The molecule has 0 aromatic heterocycles. The van der Waals surface area contributed by atoms with Gasteiger partial charge in [-0.3, -0.25) is 4.79 Å². The Morgan fingerprint density at radius 1 is 1.14 bits per heavy atom. The lowest BCUT2D eigenvalue weighted by Crippen LogP contribution is -2.14. The zero-order chi connectivity index (χ0) is 15.2. The van der Waals surface area contributed by atoms with E-state index in [1.54, 1.807) is 11.8 Å². The summed E-state index contributed by atoms with van der Waals surface area (Å²) in [6.07, 6.45) is 0. The van der Waals surface area contributed by atoms with Crippen LogP contribution in [0.1, 0.15) is 25.3 Å². The van der Waals surface area contributed by atoms with Crippen molar-refractivity contribution in [3.63, 3.8) is 0 Å². The van der Waals surface area contributed by atoms with E-state index in [2.05, 4.69) is 59.4 Å². The van der Waals surface area contributed by atoms with E-state index in [1.807, 2.05) is 24.3 Å². The maximum Gasteiger partial charge on any atom is 0.234 e. The Kier molecular flexibility index (Phi) is 5.88. The molecule has 2 aromatic rings. The standard InChI is InChI=1S/C17H18BrNOS/c1-12(2)13-7-9-14(10-8-13)21-11-17(20)19-16-6-4-3-5-15(16)18/h3-10,12H,11H2,1-2H3,(H,19,20). The maximum absolute atomic E-state index is 12.0. The number of hydrogen-bond acceptors (Lipinski definition) is 2. The number of hydrogen-bond donors (Lipinski definition) is 1. The van der Waals surface area contributed by atoms with Crippen molar-refractivity contribution in [2.24, 2.45) is 0 Å². The first-order chi connectivity index (χ1) is 10.1. The molecule has 2 nitrogen and oxygen atoms in total. The third kappa shape index (κ3) is 4.90. The lowest BCUT2D eigenvalue weighted by Gasteiger charge is -2.08. The molecule has 2 rings (SSSR count). The van der Waals surface area contributed by atoms with E-state index in [-0.39, 0.29) is 5.91 Å². The summed E-state index contributed by atoms with van der Waals surface area (Å²) in [5, 5.41) is 2.90. The van der Waals surface area contributed by atoms with Crippen LogP contribution < -0.4 is 5.32 Å². The molecule has 0 aliphatic rings. The van der Waals surface area contributed by atoms with Gasteiger partial charge in [-0.15, -0.1) is 11.8 Å². The van der Waals surface area contributed by atoms with E-state index in [0.29, 0.717) is 11.7 Å². The second kappa shape index (κ2) is 7.66. The van der Waals surface area contributed by atoms with E-state index in [9.17, 15) is 4.79 Å². The molecule has 0 spiro atoms. The summed E-state index contributed by atoms with van der Waals surface area (Å²) in [5.74, 6) is 0.935. The van der Waals surface area contributed by atoms with Gasteiger partial charge in [-0.05, 0) is 51.7 Å². The minimum Gasteiger partial charge on any atom is -0.324 e. The molecular formula is C17H18BrNOS. The number of anilines is 1. The lowest BCUT2D eigenvalue weighted by atomic mass is 10.0. The molecule has 2 aromatic carbocycles. The molecule has 0 heterocycles. The quantitative estimate of drug-likeness (QED) is 0.729. The van der Waals surface area contributed by atoms with Gasteiger partial charge in [0.15, 0.2) is 0 Å².